The minimum atomic E-state index is -0.842. The molecular weight excluding hydrogens is 502 g/mol. The fourth-order valence-corrected chi connectivity index (χ4v) is 8.09. The lowest BCUT2D eigenvalue weighted by atomic mass is 9.63. The Kier molecular flexibility index (Phi) is 10.4. The van der Waals surface area contributed by atoms with Crippen LogP contribution in [0.1, 0.15) is 114 Å². The summed E-state index contributed by atoms with van der Waals surface area (Å²) in [7, 11) is 0. The largest absolute Gasteiger partial charge is 0.493 e. The van der Waals surface area contributed by atoms with E-state index in [4.69, 9.17) is 9.47 Å². The number of rotatable bonds is 11. The summed E-state index contributed by atoms with van der Waals surface area (Å²) < 4.78 is 40.2. The van der Waals surface area contributed by atoms with Gasteiger partial charge in [0, 0.05) is 0 Å². The Hall–Kier alpha value is -2.10. The Morgan fingerprint density at radius 3 is 2.12 bits per heavy atom. The van der Waals surface area contributed by atoms with Gasteiger partial charge in [-0.05, 0) is 130 Å². The van der Waals surface area contributed by atoms with E-state index in [2.05, 4.69) is 31.2 Å². The molecule has 4 unspecified atom stereocenters. The van der Waals surface area contributed by atoms with Crippen molar-refractivity contribution in [1.82, 2.24) is 0 Å². The molecule has 0 bridgehead atoms. The third kappa shape index (κ3) is 7.39. The van der Waals surface area contributed by atoms with E-state index in [-0.39, 0.29) is 5.75 Å². The maximum Gasteiger partial charge on any atom is 0.200 e. The van der Waals surface area contributed by atoms with Crippen molar-refractivity contribution in [3.8, 4) is 11.5 Å². The molecule has 4 heteroatoms. The molecule has 0 N–H and O–H groups in total. The Labute approximate surface area is 241 Å². The van der Waals surface area contributed by atoms with Crippen molar-refractivity contribution in [2.45, 2.75) is 110 Å². The molecule has 2 aromatic rings. The number of aryl methyl sites for hydroxylation is 1. The summed E-state index contributed by atoms with van der Waals surface area (Å²) in [5, 5.41) is 0. The van der Waals surface area contributed by atoms with Crippen LogP contribution in [0.3, 0.4) is 0 Å². The van der Waals surface area contributed by atoms with Crippen molar-refractivity contribution in [1.29, 1.82) is 0 Å². The van der Waals surface area contributed by atoms with E-state index in [9.17, 15) is 8.78 Å². The molecule has 0 aromatic heterocycles. The molecule has 0 heterocycles. The molecule has 2 nitrogen and oxygen atoms in total. The van der Waals surface area contributed by atoms with Crippen LogP contribution in [0.4, 0.5) is 8.78 Å². The third-order valence-corrected chi connectivity index (χ3v) is 10.5. The number of hydrogen-bond acceptors (Lipinski definition) is 2. The summed E-state index contributed by atoms with van der Waals surface area (Å²) >= 11 is 0. The normalized spacial score (nSPS) is 28.6. The molecule has 2 aromatic carbocycles. The average molecular weight is 553 g/mol. The lowest BCUT2D eigenvalue weighted by Gasteiger charge is -2.42. The van der Waals surface area contributed by atoms with Crippen LogP contribution in [0.15, 0.2) is 36.4 Å². The second-order valence-electron chi connectivity index (χ2n) is 13.1. The van der Waals surface area contributed by atoms with Crippen LogP contribution in [-0.4, -0.2) is 13.2 Å². The Bertz CT molecular complexity index is 1060. The summed E-state index contributed by atoms with van der Waals surface area (Å²) in [6.07, 6.45) is 17.2. The quantitative estimate of drug-likeness (QED) is 0.276. The van der Waals surface area contributed by atoms with Gasteiger partial charge < -0.3 is 9.47 Å². The summed E-state index contributed by atoms with van der Waals surface area (Å²) in [5.74, 6) is 3.99. The first kappa shape index (κ1) is 29.4. The highest BCUT2D eigenvalue weighted by Crippen LogP contribution is 2.48. The van der Waals surface area contributed by atoms with Gasteiger partial charge in [-0.3, -0.25) is 0 Å². The number of benzene rings is 2. The molecule has 0 saturated heterocycles. The number of fused-ring (bicyclic) bond motifs is 1. The van der Waals surface area contributed by atoms with Gasteiger partial charge in [-0.25, -0.2) is 4.39 Å². The van der Waals surface area contributed by atoms with E-state index < -0.39 is 11.6 Å². The smallest absolute Gasteiger partial charge is 0.200 e. The van der Waals surface area contributed by atoms with Gasteiger partial charge >= 0.3 is 0 Å². The van der Waals surface area contributed by atoms with Gasteiger partial charge in [-0.1, -0.05) is 57.2 Å². The van der Waals surface area contributed by atoms with Crippen LogP contribution in [0.5, 0.6) is 11.5 Å². The van der Waals surface area contributed by atoms with Crippen LogP contribution in [0, 0.1) is 41.2 Å². The van der Waals surface area contributed by atoms with Gasteiger partial charge in [-0.15, -0.1) is 0 Å². The van der Waals surface area contributed by atoms with E-state index in [0.717, 1.165) is 42.4 Å². The van der Waals surface area contributed by atoms with Gasteiger partial charge in [0.15, 0.2) is 11.6 Å². The molecular formula is C36H50F2O2. The van der Waals surface area contributed by atoms with Gasteiger partial charge in [0.25, 0.3) is 0 Å². The highest BCUT2D eigenvalue weighted by molar-refractivity contribution is 5.31. The van der Waals surface area contributed by atoms with Crippen LogP contribution in [0.2, 0.25) is 0 Å². The van der Waals surface area contributed by atoms with Crippen LogP contribution in [0.25, 0.3) is 0 Å². The zero-order valence-corrected chi connectivity index (χ0v) is 24.8. The summed E-state index contributed by atoms with van der Waals surface area (Å²) in [5.41, 5.74) is 1.96. The molecule has 0 radical (unpaired) electrons. The Morgan fingerprint density at radius 2 is 1.38 bits per heavy atom. The van der Waals surface area contributed by atoms with E-state index in [1.807, 2.05) is 0 Å². The van der Waals surface area contributed by atoms with E-state index >= 15 is 0 Å². The van der Waals surface area contributed by atoms with E-state index in [0.29, 0.717) is 30.4 Å². The topological polar surface area (TPSA) is 18.5 Å². The first-order valence-corrected chi connectivity index (χ1v) is 16.4. The predicted molar refractivity (Wildman–Crippen MR) is 159 cm³/mol. The molecule has 3 aliphatic rings. The van der Waals surface area contributed by atoms with E-state index in [1.165, 1.54) is 82.6 Å². The standard InChI is InChI=1S/C36H50F2O2/c1-3-5-25-6-8-27(9-7-25)24-40-33-19-16-28(17-20-33)31-15-14-30-22-26(11-13-32(30)23-31)10-12-29-18-21-34(39-4-2)36(38)35(29)37/h16-21,25-27,30-32H,3-15,22-24H2,1-2H3. The van der Waals surface area contributed by atoms with Crippen LogP contribution in [-0.2, 0) is 6.42 Å². The highest BCUT2D eigenvalue weighted by atomic mass is 19.2. The van der Waals surface area contributed by atoms with Crippen LogP contribution < -0.4 is 9.47 Å². The molecule has 220 valence electrons. The molecule has 3 saturated carbocycles. The molecule has 40 heavy (non-hydrogen) atoms. The monoisotopic (exact) mass is 552 g/mol. The van der Waals surface area contributed by atoms with Crippen molar-refractivity contribution in [3.63, 3.8) is 0 Å². The zero-order chi connectivity index (χ0) is 27.9. The summed E-state index contributed by atoms with van der Waals surface area (Å²) in [6.45, 7) is 5.28. The van der Waals surface area contributed by atoms with E-state index in [1.54, 1.807) is 19.1 Å². The molecule has 3 fully saturated rings. The molecule has 5 rings (SSSR count). The summed E-state index contributed by atoms with van der Waals surface area (Å²) in [4.78, 5) is 0. The van der Waals surface area contributed by atoms with Crippen LogP contribution >= 0.6 is 0 Å². The summed E-state index contributed by atoms with van der Waals surface area (Å²) in [6, 6.07) is 12.3. The van der Waals surface area contributed by atoms with Gasteiger partial charge in [-0.2, -0.15) is 4.39 Å². The Morgan fingerprint density at radius 1 is 0.675 bits per heavy atom. The lowest BCUT2D eigenvalue weighted by Crippen LogP contribution is -2.30. The number of hydrogen-bond donors (Lipinski definition) is 0. The number of ether oxygens (including phenoxy) is 2. The minimum absolute atomic E-state index is 0.0167. The van der Waals surface area contributed by atoms with Crippen molar-refractivity contribution < 1.29 is 18.3 Å². The second-order valence-corrected chi connectivity index (χ2v) is 13.1. The molecule has 0 spiro atoms. The predicted octanol–water partition coefficient (Wildman–Crippen LogP) is 10.3. The van der Waals surface area contributed by atoms with Gasteiger partial charge in [0.05, 0.1) is 13.2 Å². The van der Waals surface area contributed by atoms with Gasteiger partial charge in [0.1, 0.15) is 5.75 Å². The number of halogens is 2. The maximum absolute atomic E-state index is 14.5. The molecule has 0 aliphatic heterocycles. The van der Waals surface area contributed by atoms with Crippen molar-refractivity contribution in [2.24, 2.45) is 29.6 Å². The third-order valence-electron chi connectivity index (χ3n) is 10.5. The zero-order valence-electron chi connectivity index (χ0n) is 24.8. The molecule has 4 atom stereocenters. The second kappa shape index (κ2) is 14.2. The molecule has 3 aliphatic carbocycles. The van der Waals surface area contributed by atoms with Crippen molar-refractivity contribution in [3.05, 3.63) is 59.2 Å². The first-order valence-electron chi connectivity index (χ1n) is 16.4. The van der Waals surface area contributed by atoms with Gasteiger partial charge in [0.2, 0.25) is 5.82 Å². The highest BCUT2D eigenvalue weighted by Gasteiger charge is 2.36. The fourth-order valence-electron chi connectivity index (χ4n) is 8.09. The maximum atomic E-state index is 14.5. The first-order chi connectivity index (χ1) is 19.5. The molecule has 0 amide bonds. The fraction of sp³-hybridized carbons (Fsp3) is 0.667. The minimum Gasteiger partial charge on any atom is -0.493 e. The lowest BCUT2D eigenvalue weighted by molar-refractivity contribution is 0.114. The average Bonchev–Trinajstić information content (AvgIpc) is 2.99. The van der Waals surface area contributed by atoms with Crippen molar-refractivity contribution >= 4 is 0 Å². The Balaban J connectivity index is 1.05. The SMILES string of the molecule is CCCC1CCC(COc2ccc(C3CCC4CC(CCc5ccc(OCC)c(F)c5F)CCC4C3)cc2)CC1. The van der Waals surface area contributed by atoms with Crippen molar-refractivity contribution in [2.75, 3.05) is 13.2 Å².